The number of nitrogens with zero attached hydrogens (tertiary/aromatic N) is 3. The Balaban J connectivity index is 2.05. The summed E-state index contributed by atoms with van der Waals surface area (Å²) in [4.78, 5) is 15.8. The fraction of sp³-hybridized carbons (Fsp3) is 0.364. The van der Waals surface area contributed by atoms with Crippen LogP contribution in [-0.4, -0.2) is 25.7 Å². The molecule has 0 atom stereocenters. The zero-order chi connectivity index (χ0) is 12.4. The second kappa shape index (κ2) is 4.40. The zero-order valence-corrected chi connectivity index (χ0v) is 10.1. The number of amides is 1. The summed E-state index contributed by atoms with van der Waals surface area (Å²) in [5.74, 6) is 0.223. The molecule has 0 spiro atoms. The van der Waals surface area contributed by atoms with Gasteiger partial charge in [0.15, 0.2) is 5.82 Å². The molecule has 2 N–H and O–H groups in total. The predicted octanol–water partition coefficient (Wildman–Crippen LogP) is 0.690. The van der Waals surface area contributed by atoms with Crippen molar-refractivity contribution in [2.45, 2.75) is 20.4 Å². The maximum absolute atomic E-state index is 11.8. The molecule has 1 amide bonds. The van der Waals surface area contributed by atoms with Crippen molar-refractivity contribution in [2.75, 3.05) is 0 Å². The summed E-state index contributed by atoms with van der Waals surface area (Å²) in [7, 11) is 1.79. The molecule has 2 aromatic heterocycles. The van der Waals surface area contributed by atoms with Crippen LogP contribution in [0.15, 0.2) is 12.4 Å². The van der Waals surface area contributed by atoms with Crippen LogP contribution in [0.1, 0.15) is 27.6 Å². The number of carbonyl (C=O) groups is 1. The van der Waals surface area contributed by atoms with Gasteiger partial charge >= 0.3 is 0 Å². The first-order chi connectivity index (χ1) is 8.09. The van der Waals surface area contributed by atoms with Crippen molar-refractivity contribution in [3.05, 3.63) is 35.2 Å². The average Bonchev–Trinajstić information content (AvgIpc) is 2.84. The van der Waals surface area contributed by atoms with Crippen molar-refractivity contribution in [1.82, 2.24) is 25.1 Å². The third kappa shape index (κ3) is 2.20. The molecule has 0 saturated heterocycles. The van der Waals surface area contributed by atoms with Crippen LogP contribution in [-0.2, 0) is 13.6 Å². The molecule has 2 heterocycles. The standard InChI is InChI=1S/C11H15N5O/c1-7-9(8(2)15-14-7)6-13-11(17)10-12-4-5-16(10)3/h4-5H,6H2,1-3H3,(H,13,17)(H,14,15). The summed E-state index contributed by atoms with van der Waals surface area (Å²) in [6.07, 6.45) is 3.34. The van der Waals surface area contributed by atoms with Gasteiger partial charge in [-0.25, -0.2) is 4.98 Å². The van der Waals surface area contributed by atoms with E-state index in [4.69, 9.17) is 0 Å². The molecule has 0 aromatic carbocycles. The van der Waals surface area contributed by atoms with Gasteiger partial charge in [-0.15, -0.1) is 0 Å². The summed E-state index contributed by atoms with van der Waals surface area (Å²) in [5, 5.41) is 9.79. The largest absolute Gasteiger partial charge is 0.345 e. The minimum atomic E-state index is -0.183. The first kappa shape index (κ1) is 11.4. The highest BCUT2D eigenvalue weighted by atomic mass is 16.2. The monoisotopic (exact) mass is 233 g/mol. The van der Waals surface area contributed by atoms with Gasteiger partial charge in [0.2, 0.25) is 0 Å². The van der Waals surface area contributed by atoms with Crippen molar-refractivity contribution in [1.29, 1.82) is 0 Å². The lowest BCUT2D eigenvalue weighted by Gasteiger charge is -2.05. The SMILES string of the molecule is Cc1n[nH]c(C)c1CNC(=O)c1nccn1C. The predicted molar refractivity (Wildman–Crippen MR) is 62.4 cm³/mol. The van der Waals surface area contributed by atoms with Gasteiger partial charge in [0.1, 0.15) is 0 Å². The highest BCUT2D eigenvalue weighted by molar-refractivity contribution is 5.90. The molecule has 0 fully saturated rings. The van der Waals surface area contributed by atoms with Crippen LogP contribution < -0.4 is 5.32 Å². The quantitative estimate of drug-likeness (QED) is 0.819. The molecule has 0 radical (unpaired) electrons. The van der Waals surface area contributed by atoms with Crippen molar-refractivity contribution in [3.8, 4) is 0 Å². The van der Waals surface area contributed by atoms with Crippen molar-refractivity contribution >= 4 is 5.91 Å². The van der Waals surface area contributed by atoms with Crippen LogP contribution in [0.5, 0.6) is 0 Å². The van der Waals surface area contributed by atoms with Crippen LogP contribution in [0.25, 0.3) is 0 Å². The lowest BCUT2D eigenvalue weighted by molar-refractivity contribution is 0.0937. The maximum atomic E-state index is 11.8. The molecule has 17 heavy (non-hydrogen) atoms. The Bertz CT molecular complexity index is 520. The minimum absolute atomic E-state index is 0.183. The van der Waals surface area contributed by atoms with E-state index >= 15 is 0 Å². The van der Waals surface area contributed by atoms with Gasteiger partial charge in [-0.2, -0.15) is 5.10 Å². The van der Waals surface area contributed by atoms with E-state index in [-0.39, 0.29) is 5.91 Å². The molecular formula is C11H15N5O. The number of carbonyl (C=O) groups excluding carboxylic acids is 1. The van der Waals surface area contributed by atoms with Crippen molar-refractivity contribution in [2.24, 2.45) is 7.05 Å². The highest BCUT2D eigenvalue weighted by Crippen LogP contribution is 2.08. The number of aromatic amines is 1. The van der Waals surface area contributed by atoms with Crippen molar-refractivity contribution < 1.29 is 4.79 Å². The average molecular weight is 233 g/mol. The Morgan fingerprint density at radius 2 is 2.29 bits per heavy atom. The van der Waals surface area contributed by atoms with Crippen LogP contribution >= 0.6 is 0 Å². The van der Waals surface area contributed by atoms with E-state index in [1.54, 1.807) is 24.0 Å². The number of H-pyrrole nitrogens is 1. The van der Waals surface area contributed by atoms with Crippen LogP contribution in [0, 0.1) is 13.8 Å². The van der Waals surface area contributed by atoms with E-state index in [9.17, 15) is 4.79 Å². The summed E-state index contributed by atoms with van der Waals surface area (Å²) < 4.78 is 1.68. The summed E-state index contributed by atoms with van der Waals surface area (Å²) in [5.41, 5.74) is 2.90. The van der Waals surface area contributed by atoms with E-state index < -0.39 is 0 Å². The van der Waals surface area contributed by atoms with Gasteiger partial charge in [-0.05, 0) is 13.8 Å². The first-order valence-corrected chi connectivity index (χ1v) is 5.35. The van der Waals surface area contributed by atoms with Gasteiger partial charge in [0.25, 0.3) is 5.91 Å². The molecular weight excluding hydrogens is 218 g/mol. The Hall–Kier alpha value is -2.11. The number of rotatable bonds is 3. The lowest BCUT2D eigenvalue weighted by atomic mass is 10.2. The number of hydrogen-bond donors (Lipinski definition) is 2. The van der Waals surface area contributed by atoms with Crippen LogP contribution in [0.2, 0.25) is 0 Å². The molecule has 0 aliphatic heterocycles. The van der Waals surface area contributed by atoms with E-state index in [0.29, 0.717) is 12.4 Å². The number of nitrogens with one attached hydrogen (secondary N) is 2. The van der Waals surface area contributed by atoms with Crippen LogP contribution in [0.4, 0.5) is 0 Å². The third-order valence-corrected chi connectivity index (χ3v) is 2.73. The maximum Gasteiger partial charge on any atom is 0.287 e. The van der Waals surface area contributed by atoms with Crippen molar-refractivity contribution in [3.63, 3.8) is 0 Å². The minimum Gasteiger partial charge on any atom is -0.345 e. The number of aromatic nitrogens is 4. The zero-order valence-electron chi connectivity index (χ0n) is 10.1. The Morgan fingerprint density at radius 1 is 1.53 bits per heavy atom. The van der Waals surface area contributed by atoms with Gasteiger partial charge in [0.05, 0.1) is 5.69 Å². The summed E-state index contributed by atoms with van der Waals surface area (Å²) in [6.45, 7) is 4.30. The number of hydrogen-bond acceptors (Lipinski definition) is 3. The van der Waals surface area contributed by atoms with E-state index in [2.05, 4.69) is 20.5 Å². The smallest absolute Gasteiger partial charge is 0.287 e. The molecule has 0 unspecified atom stereocenters. The topological polar surface area (TPSA) is 75.6 Å². The molecule has 6 nitrogen and oxygen atoms in total. The summed E-state index contributed by atoms with van der Waals surface area (Å²) in [6, 6.07) is 0. The van der Waals surface area contributed by atoms with Gasteiger partial charge in [0, 0.05) is 37.2 Å². The van der Waals surface area contributed by atoms with Gasteiger partial charge in [-0.3, -0.25) is 9.89 Å². The Morgan fingerprint density at radius 3 is 2.82 bits per heavy atom. The molecule has 2 rings (SSSR count). The lowest BCUT2D eigenvalue weighted by Crippen LogP contribution is -2.26. The highest BCUT2D eigenvalue weighted by Gasteiger charge is 2.12. The summed E-state index contributed by atoms with van der Waals surface area (Å²) >= 11 is 0. The molecule has 0 saturated carbocycles. The van der Waals surface area contributed by atoms with Crippen LogP contribution in [0.3, 0.4) is 0 Å². The van der Waals surface area contributed by atoms with E-state index in [0.717, 1.165) is 17.0 Å². The van der Waals surface area contributed by atoms with E-state index in [1.807, 2.05) is 13.8 Å². The second-order valence-corrected chi connectivity index (χ2v) is 3.96. The van der Waals surface area contributed by atoms with Gasteiger partial charge < -0.3 is 9.88 Å². The first-order valence-electron chi connectivity index (χ1n) is 5.35. The Kier molecular flexibility index (Phi) is 2.95. The Labute approximate surface area is 99.1 Å². The molecule has 2 aromatic rings. The fourth-order valence-electron chi connectivity index (χ4n) is 1.67. The molecule has 0 bridgehead atoms. The second-order valence-electron chi connectivity index (χ2n) is 3.96. The molecule has 90 valence electrons. The normalized spacial score (nSPS) is 10.5. The number of aryl methyl sites for hydroxylation is 3. The molecule has 0 aliphatic carbocycles. The molecule has 6 heteroatoms. The fourth-order valence-corrected chi connectivity index (χ4v) is 1.67. The van der Waals surface area contributed by atoms with Gasteiger partial charge in [-0.1, -0.05) is 0 Å². The third-order valence-electron chi connectivity index (χ3n) is 2.73. The number of imidazole rings is 1. The molecule has 0 aliphatic rings. The van der Waals surface area contributed by atoms with E-state index in [1.165, 1.54) is 0 Å².